The summed E-state index contributed by atoms with van der Waals surface area (Å²) in [6.45, 7) is 0.574. The van der Waals surface area contributed by atoms with E-state index < -0.39 is 0 Å². The molecule has 17 heavy (non-hydrogen) atoms. The topological polar surface area (TPSA) is 49.8 Å². The van der Waals surface area contributed by atoms with E-state index in [0.29, 0.717) is 23.7 Å². The molecule has 0 saturated carbocycles. The summed E-state index contributed by atoms with van der Waals surface area (Å²) in [7, 11) is 1.55. The van der Waals surface area contributed by atoms with Crippen LogP contribution in [-0.4, -0.2) is 31.3 Å². The van der Waals surface area contributed by atoms with Gasteiger partial charge in [0, 0.05) is 31.2 Å². The third kappa shape index (κ3) is 2.37. The zero-order valence-corrected chi connectivity index (χ0v) is 10.3. The van der Waals surface area contributed by atoms with Crippen molar-refractivity contribution in [3.05, 3.63) is 23.2 Å². The van der Waals surface area contributed by atoms with Gasteiger partial charge in [0.2, 0.25) is 5.91 Å². The van der Waals surface area contributed by atoms with Crippen LogP contribution in [0.3, 0.4) is 0 Å². The highest BCUT2D eigenvalue weighted by molar-refractivity contribution is 6.32. The Labute approximate surface area is 105 Å². The number of rotatable bonds is 3. The van der Waals surface area contributed by atoms with E-state index in [-0.39, 0.29) is 18.4 Å². The maximum atomic E-state index is 11.8. The van der Waals surface area contributed by atoms with E-state index in [2.05, 4.69) is 0 Å². The monoisotopic (exact) mass is 255 g/mol. The van der Waals surface area contributed by atoms with E-state index in [1.54, 1.807) is 30.2 Å². The number of hydrogen-bond acceptors (Lipinski definition) is 3. The van der Waals surface area contributed by atoms with Gasteiger partial charge in [-0.05, 0) is 18.2 Å². The lowest BCUT2D eigenvalue weighted by Crippen LogP contribution is -2.24. The van der Waals surface area contributed by atoms with E-state index in [9.17, 15) is 4.79 Å². The third-order valence-corrected chi connectivity index (χ3v) is 3.21. The molecule has 1 atom stereocenters. The Morgan fingerprint density at radius 3 is 2.88 bits per heavy atom. The number of anilines is 1. The molecule has 1 unspecified atom stereocenters. The Balaban J connectivity index is 2.23. The van der Waals surface area contributed by atoms with E-state index in [0.717, 1.165) is 5.69 Å². The Bertz CT molecular complexity index is 436. The first-order valence-corrected chi connectivity index (χ1v) is 5.78. The second kappa shape index (κ2) is 4.94. The number of amides is 1. The maximum Gasteiger partial charge on any atom is 0.227 e. The lowest BCUT2D eigenvalue weighted by Gasteiger charge is -2.17. The highest BCUT2D eigenvalue weighted by atomic mass is 35.5. The summed E-state index contributed by atoms with van der Waals surface area (Å²) < 4.78 is 5.06. The Kier molecular flexibility index (Phi) is 3.54. The molecule has 1 aliphatic heterocycles. The van der Waals surface area contributed by atoms with Gasteiger partial charge in [0.25, 0.3) is 0 Å². The molecule has 1 aromatic carbocycles. The number of ether oxygens (including phenoxy) is 1. The summed E-state index contributed by atoms with van der Waals surface area (Å²) in [4.78, 5) is 13.4. The smallest absolute Gasteiger partial charge is 0.227 e. The van der Waals surface area contributed by atoms with Crippen molar-refractivity contribution in [3.8, 4) is 5.75 Å². The van der Waals surface area contributed by atoms with E-state index in [1.165, 1.54) is 0 Å². The first kappa shape index (κ1) is 12.2. The zero-order valence-electron chi connectivity index (χ0n) is 9.52. The molecule has 0 spiro atoms. The minimum Gasteiger partial charge on any atom is -0.495 e. The summed E-state index contributed by atoms with van der Waals surface area (Å²) >= 11 is 6.01. The fourth-order valence-corrected chi connectivity index (χ4v) is 2.23. The first-order chi connectivity index (χ1) is 8.15. The van der Waals surface area contributed by atoms with Gasteiger partial charge in [0.15, 0.2) is 0 Å². The molecule has 5 heteroatoms. The van der Waals surface area contributed by atoms with E-state index >= 15 is 0 Å². The minimum absolute atomic E-state index is 0.0170. The molecular weight excluding hydrogens is 242 g/mol. The van der Waals surface area contributed by atoms with Gasteiger partial charge in [-0.2, -0.15) is 0 Å². The summed E-state index contributed by atoms with van der Waals surface area (Å²) in [5.74, 6) is 0.620. The molecule has 1 fully saturated rings. The molecule has 0 aromatic heterocycles. The van der Waals surface area contributed by atoms with Crippen LogP contribution in [0.2, 0.25) is 5.02 Å². The van der Waals surface area contributed by atoms with E-state index in [1.807, 2.05) is 0 Å². The van der Waals surface area contributed by atoms with Crippen molar-refractivity contribution in [3.63, 3.8) is 0 Å². The van der Waals surface area contributed by atoms with Crippen LogP contribution in [0.5, 0.6) is 5.75 Å². The van der Waals surface area contributed by atoms with Crippen molar-refractivity contribution in [1.29, 1.82) is 0 Å². The number of aliphatic hydroxyl groups excluding tert-OH is 1. The normalized spacial score (nSPS) is 19.8. The van der Waals surface area contributed by atoms with Crippen LogP contribution < -0.4 is 9.64 Å². The Hall–Kier alpha value is -1.26. The molecule has 0 bridgehead atoms. The van der Waals surface area contributed by atoms with Crippen molar-refractivity contribution >= 4 is 23.2 Å². The summed E-state index contributed by atoms with van der Waals surface area (Å²) in [5.41, 5.74) is 0.747. The van der Waals surface area contributed by atoms with Crippen molar-refractivity contribution in [2.24, 2.45) is 5.92 Å². The number of methoxy groups -OCH3 is 1. The number of carbonyl (C=O) groups excluding carboxylic acids is 1. The van der Waals surface area contributed by atoms with Crippen LogP contribution in [0.15, 0.2) is 18.2 Å². The van der Waals surface area contributed by atoms with Gasteiger partial charge in [-0.1, -0.05) is 11.6 Å². The lowest BCUT2D eigenvalue weighted by atomic mass is 10.1. The third-order valence-electron chi connectivity index (χ3n) is 2.91. The van der Waals surface area contributed by atoms with Gasteiger partial charge in [-0.15, -0.1) is 0 Å². The minimum atomic E-state index is 0.0170. The van der Waals surface area contributed by atoms with Gasteiger partial charge >= 0.3 is 0 Å². The van der Waals surface area contributed by atoms with Crippen molar-refractivity contribution < 1.29 is 14.6 Å². The number of halogens is 1. The maximum absolute atomic E-state index is 11.8. The van der Waals surface area contributed by atoms with Crippen LogP contribution in [0.25, 0.3) is 0 Å². The standard InChI is InChI=1S/C12H14ClNO3/c1-17-11-3-2-9(5-10(11)13)14-6-8(7-15)4-12(14)16/h2-3,5,8,15H,4,6-7H2,1H3. The highest BCUT2D eigenvalue weighted by Gasteiger charge is 2.30. The van der Waals surface area contributed by atoms with Crippen LogP contribution in [0.4, 0.5) is 5.69 Å². The molecule has 4 nitrogen and oxygen atoms in total. The second-order valence-corrected chi connectivity index (χ2v) is 4.48. The van der Waals surface area contributed by atoms with Crippen molar-refractivity contribution in [1.82, 2.24) is 0 Å². The van der Waals surface area contributed by atoms with Crippen molar-refractivity contribution in [2.45, 2.75) is 6.42 Å². The van der Waals surface area contributed by atoms with Crippen LogP contribution in [0, 0.1) is 5.92 Å². The molecule has 1 heterocycles. The molecule has 92 valence electrons. The van der Waals surface area contributed by atoms with Crippen LogP contribution >= 0.6 is 11.6 Å². The predicted molar refractivity (Wildman–Crippen MR) is 65.5 cm³/mol. The fraction of sp³-hybridized carbons (Fsp3) is 0.417. The molecule has 0 aliphatic carbocycles. The highest BCUT2D eigenvalue weighted by Crippen LogP contribution is 2.32. The second-order valence-electron chi connectivity index (χ2n) is 4.08. The number of benzene rings is 1. The Morgan fingerprint density at radius 2 is 2.35 bits per heavy atom. The average molecular weight is 256 g/mol. The van der Waals surface area contributed by atoms with Crippen molar-refractivity contribution in [2.75, 3.05) is 25.2 Å². The summed E-state index contributed by atoms with van der Waals surface area (Å²) in [5, 5.41) is 9.54. The fourth-order valence-electron chi connectivity index (χ4n) is 1.98. The summed E-state index contributed by atoms with van der Waals surface area (Å²) in [6.07, 6.45) is 0.389. The predicted octanol–water partition coefficient (Wildman–Crippen LogP) is 1.69. The largest absolute Gasteiger partial charge is 0.495 e. The molecule has 1 aromatic rings. The first-order valence-electron chi connectivity index (χ1n) is 5.40. The molecule has 1 aliphatic rings. The van der Waals surface area contributed by atoms with Crippen LogP contribution in [-0.2, 0) is 4.79 Å². The average Bonchev–Trinajstić information content (AvgIpc) is 2.70. The van der Waals surface area contributed by atoms with Gasteiger partial charge in [0.05, 0.1) is 12.1 Å². The molecule has 0 radical (unpaired) electrons. The van der Waals surface area contributed by atoms with Gasteiger partial charge in [0.1, 0.15) is 5.75 Å². The molecular formula is C12H14ClNO3. The number of nitrogens with zero attached hydrogens (tertiary/aromatic N) is 1. The zero-order chi connectivity index (χ0) is 12.4. The molecule has 1 amide bonds. The Morgan fingerprint density at radius 1 is 1.59 bits per heavy atom. The number of aliphatic hydroxyl groups is 1. The molecule has 1 saturated heterocycles. The SMILES string of the molecule is COc1ccc(N2CC(CO)CC2=O)cc1Cl. The number of carbonyl (C=O) groups is 1. The molecule has 2 rings (SSSR count). The lowest BCUT2D eigenvalue weighted by molar-refractivity contribution is -0.117. The van der Waals surface area contributed by atoms with Gasteiger partial charge in [-0.3, -0.25) is 4.79 Å². The van der Waals surface area contributed by atoms with Crippen LogP contribution in [0.1, 0.15) is 6.42 Å². The quantitative estimate of drug-likeness (QED) is 0.894. The van der Waals surface area contributed by atoms with Gasteiger partial charge in [-0.25, -0.2) is 0 Å². The number of hydrogen-bond donors (Lipinski definition) is 1. The summed E-state index contributed by atoms with van der Waals surface area (Å²) in [6, 6.07) is 5.23. The van der Waals surface area contributed by atoms with E-state index in [4.69, 9.17) is 21.4 Å². The van der Waals surface area contributed by atoms with Gasteiger partial charge < -0.3 is 14.7 Å². The molecule has 1 N–H and O–H groups in total.